The number of carbonyl (C=O) groups is 3. The minimum Gasteiger partial charge on any atom is -0.461 e. The maximum absolute atomic E-state index is 12.5. The average Bonchev–Trinajstić information content (AvgIpc) is 2.93. The predicted octanol–water partition coefficient (Wildman–Crippen LogP) is 2.91. The molecule has 126 valence electrons. The number of nitrogens with one attached hydrogen (secondary N) is 1. The highest BCUT2D eigenvalue weighted by atomic mass is 16.5. The van der Waals surface area contributed by atoms with Crippen LogP contribution in [0.1, 0.15) is 40.3 Å². The van der Waals surface area contributed by atoms with Gasteiger partial charge < -0.3 is 14.5 Å². The number of esters is 2. The molecule has 0 amide bonds. The third-order valence-electron chi connectivity index (χ3n) is 3.48. The number of aromatic nitrogens is 1. The monoisotopic (exact) mass is 329 g/mol. The van der Waals surface area contributed by atoms with Crippen molar-refractivity contribution in [1.29, 1.82) is 0 Å². The van der Waals surface area contributed by atoms with Crippen molar-refractivity contribution in [3.8, 4) is 11.3 Å². The quantitative estimate of drug-likeness (QED) is 0.500. The van der Waals surface area contributed by atoms with Gasteiger partial charge in [-0.2, -0.15) is 0 Å². The third-order valence-corrected chi connectivity index (χ3v) is 3.48. The largest absolute Gasteiger partial charge is 0.461 e. The van der Waals surface area contributed by atoms with Crippen molar-refractivity contribution in [2.75, 3.05) is 13.2 Å². The van der Waals surface area contributed by atoms with Gasteiger partial charge in [0.25, 0.3) is 5.78 Å². The van der Waals surface area contributed by atoms with Crippen LogP contribution in [0.25, 0.3) is 11.3 Å². The van der Waals surface area contributed by atoms with E-state index in [0.717, 1.165) is 0 Å². The van der Waals surface area contributed by atoms with E-state index in [1.165, 1.54) is 0 Å². The van der Waals surface area contributed by atoms with Crippen molar-refractivity contribution < 1.29 is 23.9 Å². The Morgan fingerprint density at radius 2 is 1.62 bits per heavy atom. The minimum atomic E-state index is -0.952. The SMILES string of the molecule is CCOC(=O)C(=O)c1c(-c2ccccc2)[nH]c(C(=O)OCC)c1C. The lowest BCUT2D eigenvalue weighted by Crippen LogP contribution is -2.18. The molecule has 0 radical (unpaired) electrons. The molecule has 0 fully saturated rings. The molecule has 6 nitrogen and oxygen atoms in total. The summed E-state index contributed by atoms with van der Waals surface area (Å²) in [6.45, 7) is 5.22. The van der Waals surface area contributed by atoms with Crippen LogP contribution in [0.15, 0.2) is 30.3 Å². The predicted molar refractivity (Wildman–Crippen MR) is 87.9 cm³/mol. The van der Waals surface area contributed by atoms with E-state index in [2.05, 4.69) is 4.98 Å². The molecule has 0 spiro atoms. The molecule has 0 aliphatic heterocycles. The van der Waals surface area contributed by atoms with Gasteiger partial charge in [0.1, 0.15) is 5.69 Å². The molecule has 0 bridgehead atoms. The molecule has 0 atom stereocenters. The molecule has 6 heteroatoms. The van der Waals surface area contributed by atoms with E-state index in [0.29, 0.717) is 16.8 Å². The number of carbonyl (C=O) groups excluding carboxylic acids is 3. The van der Waals surface area contributed by atoms with Gasteiger partial charge in [-0.05, 0) is 31.9 Å². The van der Waals surface area contributed by atoms with Crippen molar-refractivity contribution in [3.63, 3.8) is 0 Å². The zero-order chi connectivity index (χ0) is 17.7. The van der Waals surface area contributed by atoms with Gasteiger partial charge in [0.15, 0.2) is 0 Å². The Morgan fingerprint density at radius 1 is 1.00 bits per heavy atom. The highest BCUT2D eigenvalue weighted by Crippen LogP contribution is 2.29. The van der Waals surface area contributed by atoms with E-state index in [9.17, 15) is 14.4 Å². The molecular formula is C18H19NO5. The van der Waals surface area contributed by atoms with Gasteiger partial charge in [0.05, 0.1) is 24.5 Å². The fourth-order valence-electron chi connectivity index (χ4n) is 2.40. The first kappa shape index (κ1) is 17.5. The number of Topliss-reactive ketones (excluding diaryl/α,β-unsaturated/α-hetero) is 1. The van der Waals surface area contributed by atoms with E-state index in [1.807, 2.05) is 6.07 Å². The first-order valence-corrected chi connectivity index (χ1v) is 7.67. The summed E-state index contributed by atoms with van der Waals surface area (Å²) in [4.78, 5) is 39.4. The summed E-state index contributed by atoms with van der Waals surface area (Å²) in [6, 6.07) is 8.99. The first-order valence-electron chi connectivity index (χ1n) is 7.67. The van der Waals surface area contributed by atoms with Gasteiger partial charge in [-0.1, -0.05) is 30.3 Å². The van der Waals surface area contributed by atoms with Crippen LogP contribution in [-0.2, 0) is 14.3 Å². The van der Waals surface area contributed by atoms with Crippen LogP contribution in [0.3, 0.4) is 0 Å². The van der Waals surface area contributed by atoms with Gasteiger partial charge in [-0.15, -0.1) is 0 Å². The molecule has 0 aliphatic rings. The number of hydrogen-bond donors (Lipinski definition) is 1. The summed E-state index contributed by atoms with van der Waals surface area (Å²) in [5.41, 5.74) is 1.73. The number of benzene rings is 1. The number of H-pyrrole nitrogens is 1. The van der Waals surface area contributed by atoms with Crippen LogP contribution in [-0.4, -0.2) is 35.9 Å². The summed E-state index contributed by atoms with van der Waals surface area (Å²) in [5.74, 6) is -2.32. The Bertz CT molecular complexity index is 761. The van der Waals surface area contributed by atoms with E-state index >= 15 is 0 Å². The second-order valence-corrected chi connectivity index (χ2v) is 5.01. The topological polar surface area (TPSA) is 85.5 Å². The molecule has 1 aromatic heterocycles. The lowest BCUT2D eigenvalue weighted by molar-refractivity contribution is -0.137. The van der Waals surface area contributed by atoms with Gasteiger partial charge in [-0.25, -0.2) is 9.59 Å². The molecule has 0 aliphatic carbocycles. The maximum Gasteiger partial charge on any atom is 0.379 e. The zero-order valence-electron chi connectivity index (χ0n) is 13.8. The van der Waals surface area contributed by atoms with Gasteiger partial charge in [-0.3, -0.25) is 4.79 Å². The van der Waals surface area contributed by atoms with Crippen LogP contribution in [0.2, 0.25) is 0 Å². The molecule has 1 N–H and O–H groups in total. The standard InChI is InChI=1S/C18H19NO5/c1-4-23-17(21)14-11(3)13(16(20)18(22)24-5-2)15(19-14)12-9-7-6-8-10-12/h6-10,19H,4-5H2,1-3H3. The average molecular weight is 329 g/mol. The summed E-state index contributed by atoms with van der Waals surface area (Å²) < 4.78 is 9.81. The Hall–Kier alpha value is -2.89. The number of rotatable bonds is 6. The van der Waals surface area contributed by atoms with E-state index in [4.69, 9.17) is 9.47 Å². The van der Waals surface area contributed by atoms with Crippen molar-refractivity contribution in [2.24, 2.45) is 0 Å². The molecule has 0 saturated carbocycles. The normalized spacial score (nSPS) is 10.3. The zero-order valence-corrected chi connectivity index (χ0v) is 13.8. The Kier molecular flexibility index (Phi) is 5.52. The van der Waals surface area contributed by atoms with Crippen LogP contribution in [0.5, 0.6) is 0 Å². The van der Waals surface area contributed by atoms with Crippen molar-refractivity contribution >= 4 is 17.7 Å². The summed E-state index contributed by atoms with van der Waals surface area (Å²) >= 11 is 0. The Balaban J connectivity index is 2.60. The van der Waals surface area contributed by atoms with Gasteiger partial charge >= 0.3 is 11.9 Å². The van der Waals surface area contributed by atoms with Gasteiger partial charge in [0, 0.05) is 0 Å². The third kappa shape index (κ3) is 3.37. The second kappa shape index (κ2) is 7.59. The number of hydrogen-bond acceptors (Lipinski definition) is 5. The first-order chi connectivity index (χ1) is 11.5. The fraction of sp³-hybridized carbons (Fsp3) is 0.278. The maximum atomic E-state index is 12.5. The highest BCUT2D eigenvalue weighted by Gasteiger charge is 2.29. The van der Waals surface area contributed by atoms with E-state index < -0.39 is 17.7 Å². The summed E-state index contributed by atoms with van der Waals surface area (Å²) in [6.07, 6.45) is 0. The number of ketones is 1. The number of aromatic amines is 1. The van der Waals surface area contributed by atoms with Crippen LogP contribution in [0.4, 0.5) is 0 Å². The Morgan fingerprint density at radius 3 is 2.21 bits per heavy atom. The highest BCUT2D eigenvalue weighted by molar-refractivity contribution is 6.42. The Labute approximate surface area is 139 Å². The van der Waals surface area contributed by atoms with E-state index in [-0.39, 0.29) is 24.5 Å². The molecule has 24 heavy (non-hydrogen) atoms. The van der Waals surface area contributed by atoms with Crippen molar-refractivity contribution in [3.05, 3.63) is 47.2 Å². The lowest BCUT2D eigenvalue weighted by atomic mass is 10.0. The molecular weight excluding hydrogens is 310 g/mol. The molecule has 1 aromatic carbocycles. The number of ether oxygens (including phenoxy) is 2. The van der Waals surface area contributed by atoms with Crippen LogP contribution in [0, 0.1) is 6.92 Å². The molecule has 2 aromatic rings. The van der Waals surface area contributed by atoms with Crippen molar-refractivity contribution in [1.82, 2.24) is 4.98 Å². The van der Waals surface area contributed by atoms with Gasteiger partial charge in [0.2, 0.25) is 0 Å². The fourth-order valence-corrected chi connectivity index (χ4v) is 2.40. The smallest absolute Gasteiger partial charge is 0.379 e. The molecule has 0 unspecified atom stereocenters. The molecule has 0 saturated heterocycles. The van der Waals surface area contributed by atoms with E-state index in [1.54, 1.807) is 45.0 Å². The molecule has 2 rings (SSSR count). The molecule has 1 heterocycles. The van der Waals surface area contributed by atoms with Crippen molar-refractivity contribution in [2.45, 2.75) is 20.8 Å². The van der Waals surface area contributed by atoms with Crippen LogP contribution < -0.4 is 0 Å². The summed E-state index contributed by atoms with van der Waals surface area (Å²) in [7, 11) is 0. The summed E-state index contributed by atoms with van der Waals surface area (Å²) in [5, 5.41) is 0. The second-order valence-electron chi connectivity index (χ2n) is 5.01. The lowest BCUT2D eigenvalue weighted by Gasteiger charge is -2.05. The minimum absolute atomic E-state index is 0.0967. The van der Waals surface area contributed by atoms with Crippen LogP contribution >= 0.6 is 0 Å².